The summed E-state index contributed by atoms with van der Waals surface area (Å²) < 4.78 is 48.7. The van der Waals surface area contributed by atoms with Crippen LogP contribution in [0.1, 0.15) is 36.2 Å². The topological polar surface area (TPSA) is 89.6 Å². The molecule has 3 N–H and O–H groups in total. The maximum atomic E-state index is 14.8. The lowest BCUT2D eigenvalue weighted by Gasteiger charge is -2.38. The van der Waals surface area contributed by atoms with Gasteiger partial charge in [0.2, 0.25) is 0 Å². The first-order chi connectivity index (χ1) is 13.6. The Morgan fingerprint density at radius 2 is 2.03 bits per heavy atom. The van der Waals surface area contributed by atoms with Crippen molar-refractivity contribution in [2.24, 2.45) is 10.7 Å². The number of methoxy groups -OCH3 is 1. The van der Waals surface area contributed by atoms with E-state index in [9.17, 15) is 18.0 Å². The van der Waals surface area contributed by atoms with Crippen LogP contribution in [0, 0.1) is 5.82 Å². The van der Waals surface area contributed by atoms with Gasteiger partial charge in [0, 0.05) is 23.9 Å². The van der Waals surface area contributed by atoms with Gasteiger partial charge in [-0.15, -0.1) is 0 Å². The Morgan fingerprint density at radius 3 is 2.72 bits per heavy atom. The van der Waals surface area contributed by atoms with Gasteiger partial charge in [0.05, 0.1) is 18.9 Å². The molecule has 0 radical (unpaired) electrons. The van der Waals surface area contributed by atoms with Gasteiger partial charge in [-0.2, -0.15) is 0 Å². The zero-order valence-corrected chi connectivity index (χ0v) is 16.2. The van der Waals surface area contributed by atoms with E-state index in [0.29, 0.717) is 5.75 Å². The van der Waals surface area contributed by atoms with Crippen LogP contribution in [0.4, 0.5) is 18.9 Å². The smallest absolute Gasteiger partial charge is 0.257 e. The molecule has 0 fully saturated rings. The number of nitrogens with one attached hydrogen (secondary N) is 1. The van der Waals surface area contributed by atoms with Crippen molar-refractivity contribution in [1.29, 1.82) is 0 Å². The van der Waals surface area contributed by atoms with Crippen LogP contribution >= 0.6 is 0 Å². The number of benzene rings is 1. The first kappa shape index (κ1) is 20.6. The minimum absolute atomic E-state index is 0.134. The predicted molar refractivity (Wildman–Crippen MR) is 103 cm³/mol. The van der Waals surface area contributed by atoms with Crippen LogP contribution in [0.15, 0.2) is 41.7 Å². The predicted octanol–water partition coefficient (Wildman–Crippen LogP) is 3.52. The Bertz CT molecular complexity index is 980. The molecule has 0 saturated heterocycles. The molecule has 1 aromatic heterocycles. The molecule has 1 aromatic carbocycles. The van der Waals surface area contributed by atoms with Gasteiger partial charge in [0.1, 0.15) is 29.1 Å². The highest BCUT2D eigenvalue weighted by Crippen LogP contribution is 2.42. The van der Waals surface area contributed by atoms with Crippen molar-refractivity contribution in [3.05, 3.63) is 53.6 Å². The van der Waals surface area contributed by atoms with Crippen molar-refractivity contribution >= 4 is 17.4 Å². The minimum atomic E-state index is -2.11. The van der Waals surface area contributed by atoms with Crippen molar-refractivity contribution in [2.45, 2.75) is 37.6 Å². The number of aromatic nitrogens is 1. The van der Waals surface area contributed by atoms with Gasteiger partial charge in [0.25, 0.3) is 5.91 Å². The SMILES string of the molecule is COc1cncc(C(=O)Nc2ccc(F)c([C@@]3(C)N=C(N)[C@](C)(F)C[C@@H]3F)c2)c1. The summed E-state index contributed by atoms with van der Waals surface area (Å²) in [6.45, 7) is 2.48. The van der Waals surface area contributed by atoms with Crippen LogP contribution in [0.25, 0.3) is 0 Å². The second-order valence-corrected chi connectivity index (χ2v) is 7.28. The highest BCUT2D eigenvalue weighted by atomic mass is 19.2. The van der Waals surface area contributed by atoms with Gasteiger partial charge in [-0.1, -0.05) is 0 Å². The molecular formula is C20H21F3N4O2. The third kappa shape index (κ3) is 3.90. The highest BCUT2D eigenvalue weighted by molar-refractivity contribution is 6.04. The molecule has 154 valence electrons. The molecule has 1 aliphatic rings. The van der Waals surface area contributed by atoms with Crippen molar-refractivity contribution in [3.8, 4) is 5.75 Å². The molecule has 2 heterocycles. The zero-order valence-electron chi connectivity index (χ0n) is 16.2. The summed E-state index contributed by atoms with van der Waals surface area (Å²) in [5.41, 5.74) is 2.12. The fourth-order valence-corrected chi connectivity index (χ4v) is 3.15. The van der Waals surface area contributed by atoms with Gasteiger partial charge in [-0.05, 0) is 38.1 Å². The van der Waals surface area contributed by atoms with Crippen LogP contribution in [0.5, 0.6) is 5.75 Å². The Labute approximate surface area is 166 Å². The Hall–Kier alpha value is -3.10. The van der Waals surface area contributed by atoms with Gasteiger partial charge >= 0.3 is 0 Å². The number of amides is 1. The summed E-state index contributed by atoms with van der Waals surface area (Å²) >= 11 is 0. The zero-order chi connectivity index (χ0) is 21.4. The number of carbonyl (C=O) groups is 1. The van der Waals surface area contributed by atoms with Gasteiger partial charge in [0.15, 0.2) is 5.67 Å². The molecule has 3 rings (SSSR count). The summed E-state index contributed by atoms with van der Waals surface area (Å²) in [4.78, 5) is 20.3. The number of aliphatic imine (C=N–C) groups is 1. The van der Waals surface area contributed by atoms with E-state index in [4.69, 9.17) is 10.5 Å². The van der Waals surface area contributed by atoms with Crippen LogP contribution in [-0.2, 0) is 5.54 Å². The standard InChI is InChI=1S/C20H21F3N4O2/c1-19(23)8-16(22)20(2,27-18(19)24)14-7-12(4-5-15(14)21)26-17(28)11-6-13(29-3)10-25-9-11/h4-7,9-10,16H,8H2,1-3H3,(H2,24,27)(H,26,28)/t16-,19+,20+/m0/s1. The van der Waals surface area contributed by atoms with Crippen LogP contribution < -0.4 is 15.8 Å². The van der Waals surface area contributed by atoms with E-state index in [1.54, 1.807) is 0 Å². The number of hydrogen-bond donors (Lipinski definition) is 2. The number of anilines is 1. The van der Waals surface area contributed by atoms with Crippen molar-refractivity contribution in [2.75, 3.05) is 12.4 Å². The summed E-state index contributed by atoms with van der Waals surface area (Å²) in [5, 5.41) is 2.60. The quantitative estimate of drug-likeness (QED) is 0.813. The van der Waals surface area contributed by atoms with E-state index in [-0.39, 0.29) is 16.8 Å². The lowest BCUT2D eigenvalue weighted by Crippen LogP contribution is -2.51. The summed E-state index contributed by atoms with van der Waals surface area (Å²) in [6, 6.07) is 5.17. The molecule has 9 heteroatoms. The first-order valence-electron chi connectivity index (χ1n) is 8.86. The fourth-order valence-electron chi connectivity index (χ4n) is 3.15. The van der Waals surface area contributed by atoms with Gasteiger partial charge in [-0.3, -0.25) is 14.8 Å². The highest BCUT2D eigenvalue weighted by Gasteiger charge is 2.49. The van der Waals surface area contributed by atoms with Gasteiger partial charge in [-0.25, -0.2) is 13.2 Å². The number of halogens is 3. The number of nitrogens with two attached hydrogens (primary N) is 1. The number of ether oxygens (including phenoxy) is 1. The number of hydrogen-bond acceptors (Lipinski definition) is 5. The third-order valence-corrected chi connectivity index (χ3v) is 5.04. The van der Waals surface area contributed by atoms with Gasteiger partial charge < -0.3 is 15.8 Å². The van der Waals surface area contributed by atoms with Crippen LogP contribution in [0.3, 0.4) is 0 Å². The van der Waals surface area contributed by atoms with Crippen molar-refractivity contribution in [1.82, 2.24) is 4.98 Å². The van der Waals surface area contributed by atoms with E-state index in [1.165, 1.54) is 44.6 Å². The second kappa shape index (κ2) is 7.38. The maximum Gasteiger partial charge on any atom is 0.257 e. The molecule has 0 spiro atoms. The van der Waals surface area contributed by atoms with E-state index in [2.05, 4.69) is 15.3 Å². The molecule has 3 atom stereocenters. The summed E-state index contributed by atoms with van der Waals surface area (Å²) in [5.74, 6) is -1.26. The second-order valence-electron chi connectivity index (χ2n) is 7.28. The number of rotatable bonds is 4. The average molecular weight is 406 g/mol. The number of amidine groups is 1. The summed E-state index contributed by atoms with van der Waals surface area (Å²) in [6.07, 6.45) is 0.423. The van der Waals surface area contributed by atoms with Crippen LogP contribution in [-0.4, -0.2) is 35.7 Å². The summed E-state index contributed by atoms with van der Waals surface area (Å²) in [7, 11) is 1.44. The lowest BCUT2D eigenvalue weighted by atomic mass is 9.79. The number of carbonyl (C=O) groups excluding carboxylic acids is 1. The van der Waals surface area contributed by atoms with E-state index >= 15 is 0 Å². The van der Waals surface area contributed by atoms with E-state index < -0.39 is 41.4 Å². The Balaban J connectivity index is 1.94. The van der Waals surface area contributed by atoms with Crippen molar-refractivity contribution in [3.63, 3.8) is 0 Å². The molecule has 0 unspecified atom stereocenters. The average Bonchev–Trinajstić information content (AvgIpc) is 2.67. The van der Waals surface area contributed by atoms with Crippen LogP contribution in [0.2, 0.25) is 0 Å². The minimum Gasteiger partial charge on any atom is -0.495 e. The normalized spacial score (nSPS) is 26.6. The number of pyridine rings is 1. The third-order valence-electron chi connectivity index (χ3n) is 5.04. The molecule has 2 aromatic rings. The fraction of sp³-hybridized carbons (Fsp3) is 0.350. The lowest BCUT2D eigenvalue weighted by molar-refractivity contribution is 0.102. The number of nitrogens with zero attached hydrogens (tertiary/aromatic N) is 2. The number of alkyl halides is 2. The molecule has 29 heavy (non-hydrogen) atoms. The molecule has 0 bridgehead atoms. The maximum absolute atomic E-state index is 14.8. The van der Waals surface area contributed by atoms with Crippen molar-refractivity contribution < 1.29 is 22.7 Å². The van der Waals surface area contributed by atoms with E-state index in [0.717, 1.165) is 13.0 Å². The molecule has 0 saturated carbocycles. The largest absolute Gasteiger partial charge is 0.495 e. The monoisotopic (exact) mass is 406 g/mol. The Kier molecular flexibility index (Phi) is 5.25. The first-order valence-corrected chi connectivity index (χ1v) is 8.86. The molecule has 1 aliphatic heterocycles. The molecule has 6 nitrogen and oxygen atoms in total. The molecule has 1 amide bonds. The molecule has 0 aliphatic carbocycles. The Morgan fingerprint density at radius 1 is 1.31 bits per heavy atom. The molecular weight excluding hydrogens is 385 g/mol. The van der Waals surface area contributed by atoms with E-state index in [1.807, 2.05) is 0 Å².